The smallest absolute Gasteiger partial charge is 0.000527 e. The second-order valence-corrected chi connectivity index (χ2v) is 6.92. The maximum Gasteiger partial charge on any atom is 0.000527 e. The molecule has 0 amide bonds. The summed E-state index contributed by atoms with van der Waals surface area (Å²) in [5.41, 5.74) is 0.581. The Morgan fingerprint density at radius 3 is 2.41 bits per heavy atom. The molecule has 1 fully saturated rings. The SMILES string of the molecule is CCCCC1CCC(C)(CNCC(C)C)CC1. The summed E-state index contributed by atoms with van der Waals surface area (Å²) in [6.45, 7) is 11.8. The first-order valence-corrected chi connectivity index (χ1v) is 7.76. The normalized spacial score (nSPS) is 29.8. The number of rotatable bonds is 7. The number of nitrogens with one attached hydrogen (secondary N) is 1. The van der Waals surface area contributed by atoms with E-state index in [1.54, 1.807) is 0 Å². The second-order valence-electron chi connectivity index (χ2n) is 6.92. The Bertz CT molecular complexity index is 190. The van der Waals surface area contributed by atoms with E-state index in [2.05, 4.69) is 33.0 Å². The molecule has 1 nitrogen and oxygen atoms in total. The molecule has 1 N–H and O–H groups in total. The molecule has 0 bridgehead atoms. The van der Waals surface area contributed by atoms with Crippen LogP contribution in [-0.2, 0) is 0 Å². The summed E-state index contributed by atoms with van der Waals surface area (Å²) in [4.78, 5) is 0. The van der Waals surface area contributed by atoms with Crippen LogP contribution in [0.15, 0.2) is 0 Å². The number of hydrogen-bond donors (Lipinski definition) is 1. The van der Waals surface area contributed by atoms with Gasteiger partial charge in [-0.05, 0) is 49.5 Å². The molecule has 1 heteroatoms. The molecule has 0 aromatic rings. The van der Waals surface area contributed by atoms with E-state index in [0.717, 1.165) is 11.8 Å². The van der Waals surface area contributed by atoms with Crippen LogP contribution < -0.4 is 5.32 Å². The van der Waals surface area contributed by atoms with Gasteiger partial charge >= 0.3 is 0 Å². The molecular weight excluding hydrogens is 206 g/mol. The zero-order chi connectivity index (χ0) is 12.7. The Hall–Kier alpha value is -0.0400. The van der Waals surface area contributed by atoms with E-state index in [0.29, 0.717) is 5.41 Å². The van der Waals surface area contributed by atoms with Crippen LogP contribution in [0.4, 0.5) is 0 Å². The molecule has 0 spiro atoms. The highest BCUT2D eigenvalue weighted by Gasteiger charge is 2.30. The molecule has 0 heterocycles. The van der Waals surface area contributed by atoms with E-state index >= 15 is 0 Å². The minimum absolute atomic E-state index is 0.581. The van der Waals surface area contributed by atoms with Crippen LogP contribution in [0.5, 0.6) is 0 Å². The Balaban J connectivity index is 2.19. The van der Waals surface area contributed by atoms with Crippen LogP contribution in [0.1, 0.15) is 72.6 Å². The first kappa shape index (κ1) is 15.0. The van der Waals surface area contributed by atoms with Crippen molar-refractivity contribution in [2.75, 3.05) is 13.1 Å². The van der Waals surface area contributed by atoms with Gasteiger partial charge in [0.1, 0.15) is 0 Å². The molecule has 1 aliphatic rings. The third-order valence-corrected chi connectivity index (χ3v) is 4.38. The lowest BCUT2D eigenvalue weighted by Crippen LogP contribution is -2.36. The maximum absolute atomic E-state index is 3.65. The molecule has 0 aliphatic heterocycles. The molecular formula is C16H33N. The van der Waals surface area contributed by atoms with Gasteiger partial charge in [0.2, 0.25) is 0 Å². The van der Waals surface area contributed by atoms with Crippen molar-refractivity contribution in [3.8, 4) is 0 Å². The summed E-state index contributed by atoms with van der Waals surface area (Å²) in [5.74, 6) is 1.81. The summed E-state index contributed by atoms with van der Waals surface area (Å²) in [6, 6.07) is 0. The fourth-order valence-corrected chi connectivity index (χ4v) is 3.00. The molecule has 1 rings (SSSR count). The zero-order valence-electron chi connectivity index (χ0n) is 12.5. The van der Waals surface area contributed by atoms with Gasteiger partial charge in [-0.1, -0.05) is 47.0 Å². The van der Waals surface area contributed by atoms with E-state index in [9.17, 15) is 0 Å². The molecule has 1 aliphatic carbocycles. The zero-order valence-corrected chi connectivity index (χ0v) is 12.5. The monoisotopic (exact) mass is 239 g/mol. The van der Waals surface area contributed by atoms with Gasteiger partial charge in [0.25, 0.3) is 0 Å². The lowest BCUT2D eigenvalue weighted by Gasteiger charge is -2.38. The molecule has 0 aromatic heterocycles. The average molecular weight is 239 g/mol. The van der Waals surface area contributed by atoms with Crippen molar-refractivity contribution in [2.24, 2.45) is 17.3 Å². The van der Waals surface area contributed by atoms with Crippen LogP contribution >= 0.6 is 0 Å². The molecule has 1 saturated carbocycles. The summed E-state index contributed by atoms with van der Waals surface area (Å²) in [7, 11) is 0. The standard InChI is InChI=1S/C16H33N/c1-5-6-7-15-8-10-16(4,11-9-15)13-17-12-14(2)3/h14-15,17H,5-13H2,1-4H3. The predicted molar refractivity (Wildman–Crippen MR) is 77.3 cm³/mol. The first-order valence-electron chi connectivity index (χ1n) is 7.76. The van der Waals surface area contributed by atoms with Gasteiger partial charge in [0.15, 0.2) is 0 Å². The fraction of sp³-hybridized carbons (Fsp3) is 1.00. The molecule has 0 radical (unpaired) electrons. The Labute approximate surface area is 109 Å². The summed E-state index contributed by atoms with van der Waals surface area (Å²) in [6.07, 6.45) is 10.1. The van der Waals surface area contributed by atoms with Gasteiger partial charge in [-0.3, -0.25) is 0 Å². The van der Waals surface area contributed by atoms with E-state index in [4.69, 9.17) is 0 Å². The lowest BCUT2D eigenvalue weighted by atomic mass is 9.70. The molecule has 0 saturated heterocycles. The van der Waals surface area contributed by atoms with E-state index in [-0.39, 0.29) is 0 Å². The van der Waals surface area contributed by atoms with E-state index < -0.39 is 0 Å². The molecule has 0 unspecified atom stereocenters. The van der Waals surface area contributed by atoms with Crippen molar-refractivity contribution in [2.45, 2.75) is 72.6 Å². The van der Waals surface area contributed by atoms with Crippen LogP contribution in [0.2, 0.25) is 0 Å². The van der Waals surface area contributed by atoms with Gasteiger partial charge in [-0.15, -0.1) is 0 Å². The van der Waals surface area contributed by atoms with Crippen molar-refractivity contribution in [3.05, 3.63) is 0 Å². The molecule has 0 atom stereocenters. The summed E-state index contributed by atoms with van der Waals surface area (Å²) in [5, 5.41) is 3.65. The van der Waals surface area contributed by atoms with Crippen molar-refractivity contribution < 1.29 is 0 Å². The molecule has 17 heavy (non-hydrogen) atoms. The first-order chi connectivity index (χ1) is 8.06. The van der Waals surface area contributed by atoms with Gasteiger partial charge in [-0.25, -0.2) is 0 Å². The summed E-state index contributed by atoms with van der Waals surface area (Å²) >= 11 is 0. The average Bonchev–Trinajstić information content (AvgIpc) is 2.28. The third-order valence-electron chi connectivity index (χ3n) is 4.38. The van der Waals surface area contributed by atoms with Crippen LogP contribution in [-0.4, -0.2) is 13.1 Å². The van der Waals surface area contributed by atoms with Gasteiger partial charge in [0.05, 0.1) is 0 Å². The number of hydrogen-bond acceptors (Lipinski definition) is 1. The fourth-order valence-electron chi connectivity index (χ4n) is 3.00. The topological polar surface area (TPSA) is 12.0 Å². The molecule has 0 aromatic carbocycles. The largest absolute Gasteiger partial charge is 0.316 e. The van der Waals surface area contributed by atoms with Crippen LogP contribution in [0, 0.1) is 17.3 Å². The van der Waals surface area contributed by atoms with Gasteiger partial charge in [-0.2, -0.15) is 0 Å². The van der Waals surface area contributed by atoms with Crippen molar-refractivity contribution in [1.82, 2.24) is 5.32 Å². The third kappa shape index (κ3) is 5.90. The van der Waals surface area contributed by atoms with E-state index in [1.807, 2.05) is 0 Å². The van der Waals surface area contributed by atoms with Gasteiger partial charge in [0, 0.05) is 6.54 Å². The Morgan fingerprint density at radius 2 is 1.88 bits per heavy atom. The lowest BCUT2D eigenvalue weighted by molar-refractivity contribution is 0.158. The maximum atomic E-state index is 3.65. The van der Waals surface area contributed by atoms with Crippen molar-refractivity contribution in [3.63, 3.8) is 0 Å². The van der Waals surface area contributed by atoms with Crippen molar-refractivity contribution >= 4 is 0 Å². The minimum Gasteiger partial charge on any atom is -0.316 e. The second kappa shape index (κ2) is 7.41. The minimum atomic E-state index is 0.581. The number of unbranched alkanes of at least 4 members (excludes halogenated alkanes) is 1. The highest BCUT2D eigenvalue weighted by atomic mass is 14.9. The highest BCUT2D eigenvalue weighted by molar-refractivity contribution is 4.84. The van der Waals surface area contributed by atoms with Gasteiger partial charge < -0.3 is 5.32 Å². The predicted octanol–water partition coefficient (Wildman–Crippen LogP) is 4.62. The van der Waals surface area contributed by atoms with Crippen molar-refractivity contribution in [1.29, 1.82) is 0 Å². The molecule has 102 valence electrons. The Kier molecular flexibility index (Phi) is 6.54. The Morgan fingerprint density at radius 1 is 1.24 bits per heavy atom. The van der Waals surface area contributed by atoms with Crippen LogP contribution in [0.3, 0.4) is 0 Å². The van der Waals surface area contributed by atoms with E-state index in [1.165, 1.54) is 58.0 Å². The highest BCUT2D eigenvalue weighted by Crippen LogP contribution is 2.39. The quantitative estimate of drug-likeness (QED) is 0.683. The van der Waals surface area contributed by atoms with Crippen LogP contribution in [0.25, 0.3) is 0 Å². The summed E-state index contributed by atoms with van der Waals surface area (Å²) < 4.78 is 0.